The molecule has 0 aliphatic heterocycles. The summed E-state index contributed by atoms with van der Waals surface area (Å²) in [5.41, 5.74) is 1.57. The summed E-state index contributed by atoms with van der Waals surface area (Å²) in [7, 11) is 0. The van der Waals surface area contributed by atoms with Gasteiger partial charge >= 0.3 is 0 Å². The monoisotopic (exact) mass is 256 g/mol. The van der Waals surface area contributed by atoms with E-state index in [-0.39, 0.29) is 0 Å². The van der Waals surface area contributed by atoms with E-state index in [0.717, 1.165) is 11.3 Å². The molecule has 0 aliphatic carbocycles. The Morgan fingerprint density at radius 3 is 2.53 bits per heavy atom. The summed E-state index contributed by atoms with van der Waals surface area (Å²) in [5.74, 6) is 0. The van der Waals surface area contributed by atoms with Gasteiger partial charge in [0.2, 0.25) is 0 Å². The number of aromatic amines is 1. The molecule has 5 heteroatoms. The topological polar surface area (TPSA) is 28.7 Å². The van der Waals surface area contributed by atoms with Crippen LogP contribution in [-0.4, -0.2) is 10.2 Å². The number of aromatic nitrogens is 2. The molecule has 0 radical (unpaired) electrons. The van der Waals surface area contributed by atoms with Gasteiger partial charge in [0.15, 0.2) is 0 Å². The highest BCUT2D eigenvalue weighted by Gasteiger charge is 2.04. The third-order valence-corrected chi connectivity index (χ3v) is 2.66. The van der Waals surface area contributed by atoms with E-state index in [0.29, 0.717) is 14.7 Å². The molecule has 1 aromatic carbocycles. The normalized spacial score (nSPS) is 10.3. The van der Waals surface area contributed by atoms with E-state index in [9.17, 15) is 0 Å². The van der Waals surface area contributed by atoms with Crippen molar-refractivity contribution in [1.82, 2.24) is 10.2 Å². The second-order valence-corrected chi connectivity index (χ2v) is 4.21. The van der Waals surface area contributed by atoms with Gasteiger partial charge in [0.25, 0.3) is 0 Å². The smallest absolute Gasteiger partial charge is 0.119 e. The van der Waals surface area contributed by atoms with E-state index >= 15 is 0 Å². The molecular weight excluding hydrogens is 251 g/mol. The van der Waals surface area contributed by atoms with E-state index in [1.54, 1.807) is 18.2 Å². The van der Waals surface area contributed by atoms with E-state index in [2.05, 4.69) is 10.2 Å². The maximum absolute atomic E-state index is 6.04. The molecule has 0 unspecified atom stereocenters. The summed E-state index contributed by atoms with van der Waals surface area (Å²) in [5, 5.41) is 7.97. The van der Waals surface area contributed by atoms with Crippen LogP contribution < -0.4 is 0 Å². The van der Waals surface area contributed by atoms with Crippen molar-refractivity contribution >= 4 is 35.4 Å². The standard InChI is InChI=1S/C10H6Cl2N2S/c11-6-1-2-7(8(12)5-6)9-3-4-10(15)14-13-9/h1-5H,(H,14,15). The van der Waals surface area contributed by atoms with Crippen molar-refractivity contribution in [3.05, 3.63) is 45.0 Å². The van der Waals surface area contributed by atoms with Crippen LogP contribution in [0.4, 0.5) is 0 Å². The first-order valence-electron chi connectivity index (χ1n) is 4.18. The Kier molecular flexibility index (Phi) is 3.05. The zero-order valence-corrected chi connectivity index (χ0v) is 9.83. The van der Waals surface area contributed by atoms with Crippen molar-refractivity contribution in [3.8, 4) is 11.3 Å². The van der Waals surface area contributed by atoms with Gasteiger partial charge in [-0.25, -0.2) is 0 Å². The van der Waals surface area contributed by atoms with Crippen LogP contribution >= 0.6 is 35.4 Å². The first kappa shape index (κ1) is 10.6. The van der Waals surface area contributed by atoms with Gasteiger partial charge in [-0.05, 0) is 30.3 Å². The molecule has 0 fully saturated rings. The van der Waals surface area contributed by atoms with Crippen molar-refractivity contribution in [2.24, 2.45) is 0 Å². The van der Waals surface area contributed by atoms with Crippen molar-refractivity contribution in [3.63, 3.8) is 0 Å². The van der Waals surface area contributed by atoms with E-state index < -0.39 is 0 Å². The van der Waals surface area contributed by atoms with Gasteiger partial charge in [0, 0.05) is 10.6 Å². The number of nitrogens with one attached hydrogen (secondary N) is 1. The van der Waals surface area contributed by atoms with Crippen LogP contribution in [0.2, 0.25) is 10.0 Å². The molecular formula is C10H6Cl2N2S. The molecule has 1 aromatic heterocycles. The Hall–Kier alpha value is -0.900. The molecule has 0 spiro atoms. The number of hydrogen-bond acceptors (Lipinski definition) is 2. The zero-order valence-electron chi connectivity index (χ0n) is 7.50. The largest absolute Gasteiger partial charge is 0.267 e. The summed E-state index contributed by atoms with van der Waals surface area (Å²) in [4.78, 5) is 0. The lowest BCUT2D eigenvalue weighted by Gasteiger charge is -2.02. The van der Waals surface area contributed by atoms with Crippen LogP contribution in [0.25, 0.3) is 11.3 Å². The van der Waals surface area contributed by atoms with Gasteiger partial charge in [0.05, 0.1) is 10.7 Å². The number of rotatable bonds is 1. The maximum Gasteiger partial charge on any atom is 0.119 e. The molecule has 0 aliphatic rings. The molecule has 0 amide bonds. The predicted octanol–water partition coefficient (Wildman–Crippen LogP) is 4.11. The van der Waals surface area contributed by atoms with Gasteiger partial charge < -0.3 is 0 Å². The predicted molar refractivity (Wildman–Crippen MR) is 64.9 cm³/mol. The molecule has 76 valence electrons. The summed E-state index contributed by atoms with van der Waals surface area (Å²) >= 11 is 16.7. The lowest BCUT2D eigenvalue weighted by Crippen LogP contribution is -1.87. The molecule has 0 saturated carbocycles. The number of H-pyrrole nitrogens is 1. The third-order valence-electron chi connectivity index (χ3n) is 1.89. The van der Waals surface area contributed by atoms with Gasteiger partial charge in [-0.15, -0.1) is 0 Å². The van der Waals surface area contributed by atoms with Gasteiger partial charge in [-0.1, -0.05) is 35.4 Å². The Labute approximate surface area is 102 Å². The Balaban J connectivity index is 2.54. The van der Waals surface area contributed by atoms with Crippen LogP contribution in [0.5, 0.6) is 0 Å². The van der Waals surface area contributed by atoms with E-state index in [4.69, 9.17) is 35.4 Å². The Bertz CT molecular complexity index is 531. The average Bonchev–Trinajstić information content (AvgIpc) is 2.20. The quantitative estimate of drug-likeness (QED) is 0.778. The maximum atomic E-state index is 6.04. The molecule has 2 rings (SSSR count). The molecule has 15 heavy (non-hydrogen) atoms. The fraction of sp³-hybridized carbons (Fsp3) is 0. The van der Waals surface area contributed by atoms with Crippen molar-refractivity contribution in [2.75, 3.05) is 0 Å². The minimum absolute atomic E-state index is 0.570. The fourth-order valence-corrected chi connectivity index (χ4v) is 1.81. The molecule has 1 N–H and O–H groups in total. The molecule has 0 bridgehead atoms. The zero-order chi connectivity index (χ0) is 10.8. The van der Waals surface area contributed by atoms with Crippen molar-refractivity contribution < 1.29 is 0 Å². The number of halogens is 2. The highest BCUT2D eigenvalue weighted by atomic mass is 35.5. The van der Waals surface area contributed by atoms with Crippen molar-refractivity contribution in [1.29, 1.82) is 0 Å². The van der Waals surface area contributed by atoms with Crippen LogP contribution in [-0.2, 0) is 0 Å². The minimum atomic E-state index is 0.570. The Morgan fingerprint density at radius 2 is 1.93 bits per heavy atom. The first-order chi connectivity index (χ1) is 7.16. The third kappa shape index (κ3) is 2.37. The minimum Gasteiger partial charge on any atom is -0.267 e. The molecule has 0 saturated heterocycles. The lowest BCUT2D eigenvalue weighted by atomic mass is 10.1. The highest BCUT2D eigenvalue weighted by Crippen LogP contribution is 2.28. The second-order valence-electron chi connectivity index (χ2n) is 2.93. The summed E-state index contributed by atoms with van der Waals surface area (Å²) in [6, 6.07) is 8.86. The number of benzene rings is 1. The first-order valence-corrected chi connectivity index (χ1v) is 5.34. The fourth-order valence-electron chi connectivity index (χ4n) is 1.19. The molecule has 0 atom stereocenters. The highest BCUT2D eigenvalue weighted by molar-refractivity contribution is 7.71. The van der Waals surface area contributed by atoms with Gasteiger partial charge in [-0.2, -0.15) is 5.10 Å². The van der Waals surface area contributed by atoms with Crippen LogP contribution in [0.15, 0.2) is 30.3 Å². The number of hydrogen-bond donors (Lipinski definition) is 1. The van der Waals surface area contributed by atoms with Gasteiger partial charge in [0.1, 0.15) is 4.64 Å². The lowest BCUT2D eigenvalue weighted by molar-refractivity contribution is 1.02. The number of nitrogens with zero attached hydrogens (tertiary/aromatic N) is 1. The Morgan fingerprint density at radius 1 is 1.13 bits per heavy atom. The van der Waals surface area contributed by atoms with Crippen molar-refractivity contribution in [2.45, 2.75) is 0 Å². The summed E-state index contributed by atoms with van der Waals surface area (Å²) in [6.45, 7) is 0. The van der Waals surface area contributed by atoms with Crippen LogP contribution in [0.3, 0.4) is 0 Å². The van der Waals surface area contributed by atoms with E-state index in [1.807, 2.05) is 12.1 Å². The van der Waals surface area contributed by atoms with Crippen LogP contribution in [0.1, 0.15) is 0 Å². The van der Waals surface area contributed by atoms with Crippen LogP contribution in [0, 0.1) is 4.64 Å². The van der Waals surface area contributed by atoms with Gasteiger partial charge in [-0.3, -0.25) is 5.10 Å². The molecule has 2 aromatic rings. The second kappa shape index (κ2) is 4.31. The SMILES string of the molecule is S=c1ccc(-c2ccc(Cl)cc2Cl)n[nH]1. The van der Waals surface area contributed by atoms with E-state index in [1.165, 1.54) is 0 Å². The molecule has 2 nitrogen and oxygen atoms in total. The average molecular weight is 257 g/mol. The summed E-state index contributed by atoms with van der Waals surface area (Å²) in [6.07, 6.45) is 0. The summed E-state index contributed by atoms with van der Waals surface area (Å²) < 4.78 is 0.587. The molecule has 1 heterocycles.